The zero-order valence-electron chi connectivity index (χ0n) is 13.5. The first-order valence-electron chi connectivity index (χ1n) is 7.12. The van der Waals surface area contributed by atoms with Crippen LogP contribution in [0.4, 0.5) is 8.78 Å². The van der Waals surface area contributed by atoms with Crippen LogP contribution in [0.5, 0.6) is 0 Å². The van der Waals surface area contributed by atoms with Crippen molar-refractivity contribution >= 4 is 28.3 Å². The minimum Gasteiger partial charge on any atom is -0.382 e. The average Bonchev–Trinajstić information content (AvgIpc) is 2.99. The Morgan fingerprint density at radius 2 is 2.17 bits per heavy atom. The third-order valence-corrected chi connectivity index (χ3v) is 5.55. The standard InChI is InChI=1S/C15H18F2N4OS2/c1-10(24-14(23)20(2)3)15(22,7-21-9-18-8-19-21)12-5-4-11(16)6-13(12)17/h4-6,8-10,22H,7H2,1-3H3/t10-,15-/m1/s1. The molecule has 5 nitrogen and oxygen atoms in total. The first-order chi connectivity index (χ1) is 11.2. The maximum absolute atomic E-state index is 14.3. The van der Waals surface area contributed by atoms with Crippen molar-refractivity contribution in [2.24, 2.45) is 0 Å². The van der Waals surface area contributed by atoms with Gasteiger partial charge in [-0.2, -0.15) is 5.10 Å². The molecule has 0 aliphatic rings. The molecule has 2 atom stereocenters. The molecule has 0 saturated carbocycles. The number of nitrogens with zero attached hydrogens (tertiary/aromatic N) is 4. The van der Waals surface area contributed by atoms with Crippen LogP contribution in [-0.2, 0) is 12.1 Å². The molecule has 0 aliphatic carbocycles. The van der Waals surface area contributed by atoms with E-state index in [-0.39, 0.29) is 12.1 Å². The minimum absolute atomic E-state index is 0.0130. The van der Waals surface area contributed by atoms with Crippen LogP contribution in [0, 0.1) is 11.6 Å². The lowest BCUT2D eigenvalue weighted by Gasteiger charge is -2.35. The van der Waals surface area contributed by atoms with E-state index < -0.39 is 22.5 Å². The zero-order valence-corrected chi connectivity index (χ0v) is 15.1. The summed E-state index contributed by atoms with van der Waals surface area (Å²) in [5, 5.41) is 14.7. The predicted octanol–water partition coefficient (Wildman–Crippen LogP) is 2.41. The van der Waals surface area contributed by atoms with E-state index in [2.05, 4.69) is 10.1 Å². The Balaban J connectivity index is 2.42. The monoisotopic (exact) mass is 372 g/mol. The van der Waals surface area contributed by atoms with Gasteiger partial charge in [-0.1, -0.05) is 30.0 Å². The highest BCUT2D eigenvalue weighted by atomic mass is 32.2. The van der Waals surface area contributed by atoms with Crippen LogP contribution in [0.3, 0.4) is 0 Å². The summed E-state index contributed by atoms with van der Waals surface area (Å²) in [4.78, 5) is 5.56. The fraction of sp³-hybridized carbons (Fsp3) is 0.400. The number of halogens is 2. The Hall–Kier alpha value is -1.58. The Kier molecular flexibility index (Phi) is 5.89. The summed E-state index contributed by atoms with van der Waals surface area (Å²) in [5.41, 5.74) is -1.67. The molecule has 0 radical (unpaired) electrons. The summed E-state index contributed by atoms with van der Waals surface area (Å²) in [6.45, 7) is 1.69. The minimum atomic E-state index is -1.66. The molecule has 2 aromatic rings. The topological polar surface area (TPSA) is 54.2 Å². The van der Waals surface area contributed by atoms with E-state index in [4.69, 9.17) is 12.2 Å². The molecule has 0 fully saturated rings. The number of hydrogen-bond donors (Lipinski definition) is 1. The summed E-state index contributed by atoms with van der Waals surface area (Å²) < 4.78 is 29.5. The van der Waals surface area contributed by atoms with E-state index in [0.29, 0.717) is 4.32 Å². The van der Waals surface area contributed by atoms with Crippen LogP contribution in [0.1, 0.15) is 12.5 Å². The molecular weight excluding hydrogens is 354 g/mol. The molecule has 1 aromatic carbocycles. The summed E-state index contributed by atoms with van der Waals surface area (Å²) in [5.74, 6) is -1.52. The fourth-order valence-electron chi connectivity index (χ4n) is 2.19. The number of rotatable bonds is 5. The second-order valence-electron chi connectivity index (χ2n) is 5.56. The molecule has 1 heterocycles. The predicted molar refractivity (Wildman–Crippen MR) is 93.6 cm³/mol. The first kappa shape index (κ1) is 18.8. The summed E-state index contributed by atoms with van der Waals surface area (Å²) >= 11 is 6.49. The van der Waals surface area contributed by atoms with Crippen LogP contribution >= 0.6 is 24.0 Å². The SMILES string of the molecule is C[C@@H](SC(=S)N(C)C)[C@](O)(Cn1cncn1)c1ccc(F)cc1F. The van der Waals surface area contributed by atoms with Gasteiger partial charge in [0.15, 0.2) is 0 Å². The van der Waals surface area contributed by atoms with Crippen molar-refractivity contribution in [3.8, 4) is 0 Å². The molecule has 9 heteroatoms. The number of aliphatic hydroxyl groups is 1. The molecule has 0 aliphatic heterocycles. The molecule has 130 valence electrons. The van der Waals surface area contributed by atoms with Gasteiger partial charge in [0.1, 0.15) is 34.2 Å². The van der Waals surface area contributed by atoms with Crippen molar-refractivity contribution < 1.29 is 13.9 Å². The fourth-order valence-corrected chi connectivity index (χ4v) is 3.53. The molecule has 0 spiro atoms. The molecule has 24 heavy (non-hydrogen) atoms. The van der Waals surface area contributed by atoms with E-state index in [1.54, 1.807) is 25.9 Å². The highest BCUT2D eigenvalue weighted by Crippen LogP contribution is 2.36. The van der Waals surface area contributed by atoms with Gasteiger partial charge in [-0.05, 0) is 13.0 Å². The van der Waals surface area contributed by atoms with Crippen molar-refractivity contribution in [3.05, 3.63) is 48.1 Å². The van der Waals surface area contributed by atoms with Crippen molar-refractivity contribution in [2.75, 3.05) is 14.1 Å². The summed E-state index contributed by atoms with van der Waals surface area (Å²) in [6, 6.07) is 3.12. The van der Waals surface area contributed by atoms with E-state index in [9.17, 15) is 13.9 Å². The van der Waals surface area contributed by atoms with Gasteiger partial charge >= 0.3 is 0 Å². The lowest BCUT2D eigenvalue weighted by Crippen LogP contribution is -2.42. The van der Waals surface area contributed by atoms with Gasteiger partial charge in [0.25, 0.3) is 0 Å². The molecule has 1 aromatic heterocycles. The molecule has 0 unspecified atom stereocenters. The third kappa shape index (κ3) is 4.08. The zero-order chi connectivity index (χ0) is 17.9. The smallest absolute Gasteiger partial charge is 0.137 e. The number of benzene rings is 1. The number of thioether (sulfide) groups is 1. The third-order valence-electron chi connectivity index (χ3n) is 3.58. The maximum atomic E-state index is 14.3. The Labute approximate surface area is 148 Å². The Morgan fingerprint density at radius 3 is 2.71 bits per heavy atom. The van der Waals surface area contributed by atoms with Crippen LogP contribution in [0.25, 0.3) is 0 Å². The van der Waals surface area contributed by atoms with E-state index >= 15 is 0 Å². The van der Waals surface area contributed by atoms with E-state index in [0.717, 1.165) is 12.1 Å². The lowest BCUT2D eigenvalue weighted by atomic mass is 9.90. The van der Waals surface area contributed by atoms with Crippen molar-refractivity contribution in [1.29, 1.82) is 0 Å². The van der Waals surface area contributed by atoms with Crippen LogP contribution in [0.2, 0.25) is 0 Å². The van der Waals surface area contributed by atoms with E-state index in [1.165, 1.54) is 35.2 Å². The van der Waals surface area contributed by atoms with E-state index in [1.807, 2.05) is 0 Å². The Bertz CT molecular complexity index is 712. The first-order valence-corrected chi connectivity index (χ1v) is 8.41. The molecule has 0 amide bonds. The number of aromatic nitrogens is 3. The number of thiocarbonyl (C=S) groups is 1. The van der Waals surface area contributed by atoms with Gasteiger partial charge < -0.3 is 10.0 Å². The molecule has 0 bridgehead atoms. The average molecular weight is 372 g/mol. The summed E-state index contributed by atoms with van der Waals surface area (Å²) in [6.07, 6.45) is 2.75. The Morgan fingerprint density at radius 1 is 1.46 bits per heavy atom. The van der Waals surface area contributed by atoms with Crippen LogP contribution in [0.15, 0.2) is 30.9 Å². The van der Waals surface area contributed by atoms with Gasteiger partial charge in [-0.25, -0.2) is 18.4 Å². The van der Waals surface area contributed by atoms with Gasteiger partial charge in [0.05, 0.1) is 6.54 Å². The largest absolute Gasteiger partial charge is 0.382 e. The molecule has 2 rings (SSSR count). The van der Waals surface area contributed by atoms with Gasteiger partial charge in [0.2, 0.25) is 0 Å². The number of hydrogen-bond acceptors (Lipinski definition) is 5. The van der Waals surface area contributed by atoms with Crippen molar-refractivity contribution in [3.63, 3.8) is 0 Å². The maximum Gasteiger partial charge on any atom is 0.137 e. The second-order valence-corrected chi connectivity index (χ2v) is 7.54. The quantitative estimate of drug-likeness (QED) is 0.814. The lowest BCUT2D eigenvalue weighted by molar-refractivity contribution is 0.0135. The second kappa shape index (κ2) is 7.54. The van der Waals surface area contributed by atoms with Gasteiger partial charge in [0, 0.05) is 31.0 Å². The van der Waals surface area contributed by atoms with Crippen molar-refractivity contribution in [2.45, 2.75) is 24.3 Å². The highest BCUT2D eigenvalue weighted by molar-refractivity contribution is 8.23. The normalized spacial score (nSPS) is 14.9. The highest BCUT2D eigenvalue weighted by Gasteiger charge is 2.40. The van der Waals surface area contributed by atoms with Gasteiger partial charge in [-0.3, -0.25) is 0 Å². The molecule has 1 N–H and O–H groups in total. The molecular formula is C15H18F2N4OS2. The van der Waals surface area contributed by atoms with Gasteiger partial charge in [-0.15, -0.1) is 0 Å². The molecule has 0 saturated heterocycles. The summed E-state index contributed by atoms with van der Waals surface area (Å²) in [7, 11) is 3.58. The van der Waals surface area contributed by atoms with Crippen molar-refractivity contribution in [1.82, 2.24) is 19.7 Å². The van der Waals surface area contributed by atoms with Crippen LogP contribution < -0.4 is 0 Å². The van der Waals surface area contributed by atoms with Crippen LogP contribution in [-0.4, -0.2) is 48.4 Å².